The molecule has 0 saturated carbocycles. The largest absolute Gasteiger partial charge is 0.334 e. The van der Waals surface area contributed by atoms with Gasteiger partial charge in [-0.1, -0.05) is 72.7 Å². The van der Waals surface area contributed by atoms with Crippen molar-refractivity contribution in [1.82, 2.24) is 20.4 Å². The molecule has 37 heavy (non-hydrogen) atoms. The van der Waals surface area contributed by atoms with E-state index in [1.165, 1.54) is 16.5 Å². The van der Waals surface area contributed by atoms with Crippen molar-refractivity contribution in [2.24, 2.45) is 0 Å². The summed E-state index contributed by atoms with van der Waals surface area (Å²) in [6.45, 7) is 8.10. The average Bonchev–Trinajstić information content (AvgIpc) is 3.38. The molecule has 0 bridgehead atoms. The Morgan fingerprint density at radius 1 is 1.00 bits per heavy atom. The van der Waals surface area contributed by atoms with Crippen molar-refractivity contribution in [2.75, 3.05) is 0 Å². The highest BCUT2D eigenvalue weighted by Gasteiger charge is 2.36. The predicted octanol–water partition coefficient (Wildman–Crippen LogP) is 6.75. The molecular weight excluding hydrogens is 467 g/mol. The molecule has 1 atom stereocenters. The van der Waals surface area contributed by atoms with Gasteiger partial charge >= 0.3 is 6.03 Å². The SMILES string of the molecule is CCc1ccc(-c2noc(C3=C(C)N(Cc4ccccc4F)C(=O)NC3c3ccc(C)c(C)c3)n2)cc1. The first-order valence-corrected chi connectivity index (χ1v) is 12.4. The number of rotatable bonds is 6. The second-order valence-electron chi connectivity index (χ2n) is 9.38. The number of allylic oxidation sites excluding steroid dienone is 1. The van der Waals surface area contributed by atoms with Crippen molar-refractivity contribution >= 4 is 11.6 Å². The first-order valence-electron chi connectivity index (χ1n) is 12.4. The zero-order chi connectivity index (χ0) is 26.1. The summed E-state index contributed by atoms with van der Waals surface area (Å²) in [7, 11) is 0. The van der Waals surface area contributed by atoms with Gasteiger partial charge in [-0.2, -0.15) is 4.98 Å². The van der Waals surface area contributed by atoms with Crippen LogP contribution >= 0.6 is 0 Å². The van der Waals surface area contributed by atoms with Crippen LogP contribution in [0.4, 0.5) is 9.18 Å². The summed E-state index contributed by atoms with van der Waals surface area (Å²) in [5, 5.41) is 7.33. The van der Waals surface area contributed by atoms with E-state index in [1.807, 2.05) is 57.2 Å². The zero-order valence-electron chi connectivity index (χ0n) is 21.4. The highest BCUT2D eigenvalue weighted by Crippen LogP contribution is 2.38. The van der Waals surface area contributed by atoms with E-state index in [9.17, 15) is 9.18 Å². The lowest BCUT2D eigenvalue weighted by Crippen LogP contribution is -2.45. The molecule has 4 aromatic rings. The van der Waals surface area contributed by atoms with Crippen molar-refractivity contribution in [2.45, 2.75) is 46.7 Å². The summed E-state index contributed by atoms with van der Waals surface area (Å²) < 4.78 is 20.3. The number of aryl methyl sites for hydroxylation is 3. The van der Waals surface area contributed by atoms with E-state index in [2.05, 4.69) is 23.5 Å². The van der Waals surface area contributed by atoms with Gasteiger partial charge in [-0.05, 0) is 55.5 Å². The Morgan fingerprint density at radius 2 is 1.76 bits per heavy atom. The molecule has 1 aromatic heterocycles. The molecule has 1 N–H and O–H groups in total. The van der Waals surface area contributed by atoms with Gasteiger partial charge in [0.15, 0.2) is 0 Å². The predicted molar refractivity (Wildman–Crippen MR) is 141 cm³/mol. The van der Waals surface area contributed by atoms with Crippen molar-refractivity contribution in [1.29, 1.82) is 0 Å². The topological polar surface area (TPSA) is 71.3 Å². The zero-order valence-corrected chi connectivity index (χ0v) is 21.4. The number of halogens is 1. The monoisotopic (exact) mass is 496 g/mol. The minimum absolute atomic E-state index is 0.0763. The standard InChI is InChI=1S/C30H29FN4O2/c1-5-21-11-14-22(15-12-21)28-33-29(37-34-28)26-20(4)35(17-24-8-6-7-9-25(24)31)30(36)32-27(26)23-13-10-18(2)19(3)16-23/h6-16,27H,5,17H2,1-4H3,(H,32,36). The summed E-state index contributed by atoms with van der Waals surface area (Å²) in [5.74, 6) is 0.416. The fourth-order valence-electron chi connectivity index (χ4n) is 4.58. The molecule has 0 fully saturated rings. The number of carbonyl (C=O) groups excluding carboxylic acids is 1. The molecule has 1 aliphatic rings. The van der Waals surface area contributed by atoms with Crippen LogP contribution in [0.15, 0.2) is 77.0 Å². The Labute approximate surface area is 215 Å². The molecule has 2 amide bonds. The van der Waals surface area contributed by atoms with Crippen LogP contribution in [0.25, 0.3) is 17.0 Å². The van der Waals surface area contributed by atoms with Gasteiger partial charge in [0.25, 0.3) is 5.89 Å². The molecule has 7 heteroatoms. The fourth-order valence-corrected chi connectivity index (χ4v) is 4.58. The third-order valence-corrected chi connectivity index (χ3v) is 7.02. The lowest BCUT2D eigenvalue weighted by atomic mass is 9.92. The van der Waals surface area contributed by atoms with E-state index in [0.717, 1.165) is 28.7 Å². The maximum absolute atomic E-state index is 14.5. The van der Waals surface area contributed by atoms with Crippen LogP contribution < -0.4 is 5.32 Å². The molecule has 0 spiro atoms. The number of hydrogen-bond acceptors (Lipinski definition) is 4. The molecule has 0 saturated heterocycles. The van der Waals surface area contributed by atoms with Gasteiger partial charge in [-0.3, -0.25) is 4.90 Å². The first kappa shape index (κ1) is 24.4. The second kappa shape index (κ2) is 10.0. The van der Waals surface area contributed by atoms with E-state index in [0.29, 0.717) is 28.5 Å². The number of carbonyl (C=O) groups is 1. The van der Waals surface area contributed by atoms with Crippen molar-refractivity contribution in [3.05, 3.63) is 112 Å². The lowest BCUT2D eigenvalue weighted by molar-refractivity contribution is 0.202. The number of benzene rings is 3. The van der Waals surface area contributed by atoms with Crippen LogP contribution in [0.5, 0.6) is 0 Å². The molecule has 6 nitrogen and oxygen atoms in total. The molecule has 1 unspecified atom stereocenters. The number of urea groups is 1. The fraction of sp³-hybridized carbons (Fsp3) is 0.233. The summed E-state index contributed by atoms with van der Waals surface area (Å²) >= 11 is 0. The van der Waals surface area contributed by atoms with Gasteiger partial charge in [-0.25, -0.2) is 9.18 Å². The Kier molecular flexibility index (Phi) is 6.61. The minimum atomic E-state index is -0.501. The average molecular weight is 497 g/mol. The number of nitrogens with zero attached hydrogens (tertiary/aromatic N) is 3. The van der Waals surface area contributed by atoms with Gasteiger partial charge in [-0.15, -0.1) is 0 Å². The van der Waals surface area contributed by atoms with E-state index in [1.54, 1.807) is 18.2 Å². The van der Waals surface area contributed by atoms with Crippen molar-refractivity contribution in [3.8, 4) is 11.4 Å². The summed E-state index contributed by atoms with van der Waals surface area (Å²) in [6, 6.07) is 19.8. The van der Waals surface area contributed by atoms with Crippen LogP contribution in [-0.4, -0.2) is 21.1 Å². The number of aromatic nitrogens is 2. The van der Waals surface area contributed by atoms with E-state index >= 15 is 0 Å². The molecule has 3 aromatic carbocycles. The molecule has 188 valence electrons. The van der Waals surface area contributed by atoms with Crippen LogP contribution in [-0.2, 0) is 13.0 Å². The Morgan fingerprint density at radius 3 is 2.46 bits per heavy atom. The van der Waals surface area contributed by atoms with Gasteiger partial charge < -0.3 is 9.84 Å². The second-order valence-corrected chi connectivity index (χ2v) is 9.38. The lowest BCUT2D eigenvalue weighted by Gasteiger charge is -2.35. The minimum Gasteiger partial charge on any atom is -0.334 e. The maximum Gasteiger partial charge on any atom is 0.322 e. The van der Waals surface area contributed by atoms with Crippen molar-refractivity contribution in [3.63, 3.8) is 0 Å². The molecule has 0 radical (unpaired) electrons. The summed E-state index contributed by atoms with van der Waals surface area (Å²) in [6.07, 6.45) is 0.943. The maximum atomic E-state index is 14.5. The number of hydrogen-bond donors (Lipinski definition) is 1. The van der Waals surface area contributed by atoms with Gasteiger partial charge in [0.2, 0.25) is 5.82 Å². The highest BCUT2D eigenvalue weighted by atomic mass is 19.1. The van der Waals surface area contributed by atoms with Crippen LogP contribution in [0.2, 0.25) is 0 Å². The Hall–Kier alpha value is -4.26. The molecular formula is C30H29FN4O2. The summed E-state index contributed by atoms with van der Waals surface area (Å²) in [5.41, 5.74) is 6.97. The van der Waals surface area contributed by atoms with Crippen molar-refractivity contribution < 1.29 is 13.7 Å². The van der Waals surface area contributed by atoms with E-state index in [4.69, 9.17) is 9.51 Å². The normalized spacial score (nSPS) is 15.8. The highest BCUT2D eigenvalue weighted by molar-refractivity contribution is 5.87. The summed E-state index contributed by atoms with van der Waals surface area (Å²) in [4.78, 5) is 19.6. The van der Waals surface area contributed by atoms with Crippen LogP contribution in [0.1, 0.15) is 53.6 Å². The van der Waals surface area contributed by atoms with E-state index < -0.39 is 6.04 Å². The third-order valence-electron chi connectivity index (χ3n) is 7.02. The molecule has 5 rings (SSSR count). The van der Waals surface area contributed by atoms with Crippen LogP contribution in [0.3, 0.4) is 0 Å². The smallest absolute Gasteiger partial charge is 0.322 e. The third kappa shape index (κ3) is 4.77. The van der Waals surface area contributed by atoms with Crippen LogP contribution in [0, 0.1) is 19.7 Å². The van der Waals surface area contributed by atoms with E-state index in [-0.39, 0.29) is 18.4 Å². The number of nitrogens with one attached hydrogen (secondary N) is 1. The van der Waals surface area contributed by atoms with Gasteiger partial charge in [0.1, 0.15) is 5.82 Å². The molecule has 1 aliphatic heterocycles. The Balaban J connectivity index is 1.60. The first-order chi connectivity index (χ1) is 17.9. The Bertz CT molecular complexity index is 1490. The van der Waals surface area contributed by atoms with Gasteiger partial charge in [0, 0.05) is 16.8 Å². The number of amides is 2. The molecule has 2 heterocycles. The quantitative estimate of drug-likeness (QED) is 0.320. The molecule has 0 aliphatic carbocycles. The van der Waals surface area contributed by atoms with Gasteiger partial charge in [0.05, 0.1) is 18.2 Å².